The summed E-state index contributed by atoms with van der Waals surface area (Å²) in [7, 11) is 2.90. The second-order valence-corrected chi connectivity index (χ2v) is 7.18. The molecule has 3 heterocycles. The normalized spacial score (nSPS) is 18.5. The molecule has 0 spiro atoms. The highest BCUT2D eigenvalue weighted by atomic mass is 32.1. The molecule has 1 saturated heterocycles. The van der Waals surface area contributed by atoms with Crippen LogP contribution in [0.4, 0.5) is 5.82 Å². The van der Waals surface area contributed by atoms with Crippen LogP contribution < -0.4 is 16.1 Å². The molecule has 1 fully saturated rings. The number of aliphatic hydroxyl groups is 1. The van der Waals surface area contributed by atoms with Gasteiger partial charge in [-0.3, -0.25) is 13.9 Å². The number of aliphatic hydroxyl groups excluding tert-OH is 1. The van der Waals surface area contributed by atoms with E-state index >= 15 is 0 Å². The second-order valence-electron chi connectivity index (χ2n) is 6.21. The molecule has 9 heteroatoms. The van der Waals surface area contributed by atoms with Crippen molar-refractivity contribution in [2.24, 2.45) is 14.1 Å². The maximum absolute atomic E-state index is 12.4. The number of morpholine rings is 1. The molecule has 2 aromatic heterocycles. The molecule has 0 radical (unpaired) electrons. The summed E-state index contributed by atoms with van der Waals surface area (Å²) >= 11 is 1.46. The number of aromatic nitrogens is 2. The van der Waals surface area contributed by atoms with Crippen LogP contribution in [0, 0.1) is 11.3 Å². The molecule has 2 aromatic rings. The van der Waals surface area contributed by atoms with Gasteiger partial charge < -0.3 is 14.7 Å². The fourth-order valence-corrected chi connectivity index (χ4v) is 3.98. The van der Waals surface area contributed by atoms with Crippen molar-refractivity contribution < 1.29 is 9.84 Å². The molecular formula is C17H20N4O4S. The highest BCUT2D eigenvalue weighted by Crippen LogP contribution is 2.28. The van der Waals surface area contributed by atoms with E-state index in [2.05, 4.69) is 0 Å². The van der Waals surface area contributed by atoms with Crippen LogP contribution in [0.15, 0.2) is 27.1 Å². The first-order valence-electron chi connectivity index (χ1n) is 8.21. The Morgan fingerprint density at radius 1 is 1.42 bits per heavy atom. The van der Waals surface area contributed by atoms with Gasteiger partial charge in [0.25, 0.3) is 5.56 Å². The molecule has 26 heavy (non-hydrogen) atoms. The predicted molar refractivity (Wildman–Crippen MR) is 97.5 cm³/mol. The Morgan fingerprint density at radius 3 is 2.85 bits per heavy atom. The second kappa shape index (κ2) is 7.45. The van der Waals surface area contributed by atoms with Gasteiger partial charge in [-0.15, -0.1) is 11.3 Å². The van der Waals surface area contributed by atoms with Crippen LogP contribution in [0.3, 0.4) is 0 Å². The van der Waals surface area contributed by atoms with Gasteiger partial charge in [-0.25, -0.2) is 4.79 Å². The molecule has 0 aliphatic carbocycles. The highest BCUT2D eigenvalue weighted by molar-refractivity contribution is 7.10. The molecule has 0 bridgehead atoms. The first kappa shape index (κ1) is 18.4. The minimum absolute atomic E-state index is 0.0767. The van der Waals surface area contributed by atoms with Gasteiger partial charge in [0.15, 0.2) is 5.56 Å². The third kappa shape index (κ3) is 3.19. The first-order valence-corrected chi connectivity index (χ1v) is 9.09. The molecule has 1 N–H and O–H groups in total. The molecule has 0 amide bonds. The zero-order chi connectivity index (χ0) is 18.8. The van der Waals surface area contributed by atoms with Crippen LogP contribution in [0.25, 0.3) is 0 Å². The minimum Gasteiger partial charge on any atom is -0.387 e. The van der Waals surface area contributed by atoms with Crippen molar-refractivity contribution in [1.29, 1.82) is 5.26 Å². The summed E-state index contributed by atoms with van der Waals surface area (Å²) in [5.74, 6) is 0.285. The Labute approximate surface area is 154 Å². The van der Waals surface area contributed by atoms with E-state index < -0.39 is 17.4 Å². The quantitative estimate of drug-likeness (QED) is 0.826. The summed E-state index contributed by atoms with van der Waals surface area (Å²) in [6.45, 7) is 1.19. The third-order valence-electron chi connectivity index (χ3n) is 4.61. The lowest BCUT2D eigenvalue weighted by atomic mass is 10.1. The molecule has 2 atom stereocenters. The number of anilines is 1. The van der Waals surface area contributed by atoms with Gasteiger partial charge in [0.2, 0.25) is 0 Å². The Morgan fingerprint density at radius 2 is 2.19 bits per heavy atom. The van der Waals surface area contributed by atoms with E-state index in [0.29, 0.717) is 26.2 Å². The maximum atomic E-state index is 12.4. The van der Waals surface area contributed by atoms with Gasteiger partial charge in [0.1, 0.15) is 11.9 Å². The summed E-state index contributed by atoms with van der Waals surface area (Å²) in [6, 6.07) is 5.41. The lowest BCUT2D eigenvalue weighted by Gasteiger charge is -2.39. The lowest BCUT2D eigenvalue weighted by Crippen LogP contribution is -2.51. The number of nitriles is 1. The van der Waals surface area contributed by atoms with E-state index in [1.54, 1.807) is 7.05 Å². The van der Waals surface area contributed by atoms with Gasteiger partial charge >= 0.3 is 5.69 Å². The molecule has 8 nitrogen and oxygen atoms in total. The van der Waals surface area contributed by atoms with Crippen LogP contribution in [0.5, 0.6) is 0 Å². The standard InChI is InChI=1S/C17H20N4O4S/c1-19-15(12(9-18)16(23)20(2)17(19)24)21-5-6-25-10-11(21)8-13(22)14-4-3-7-26-14/h3-4,7,11,13,22H,5-6,8,10H2,1-2H3. The number of thiophene rings is 1. The van der Waals surface area contributed by atoms with Crippen molar-refractivity contribution >= 4 is 17.2 Å². The van der Waals surface area contributed by atoms with Crippen molar-refractivity contribution in [1.82, 2.24) is 9.13 Å². The zero-order valence-electron chi connectivity index (χ0n) is 14.6. The summed E-state index contributed by atoms with van der Waals surface area (Å²) in [6.07, 6.45) is -0.312. The molecule has 2 unspecified atom stereocenters. The number of nitrogens with zero attached hydrogens (tertiary/aromatic N) is 4. The molecule has 0 saturated carbocycles. The Balaban J connectivity index is 2.02. The first-order chi connectivity index (χ1) is 12.5. The summed E-state index contributed by atoms with van der Waals surface area (Å²) < 4.78 is 7.79. The molecule has 0 aromatic carbocycles. The van der Waals surface area contributed by atoms with Gasteiger partial charge in [-0.05, 0) is 11.4 Å². The molecule has 138 valence electrons. The van der Waals surface area contributed by atoms with E-state index in [4.69, 9.17) is 4.74 Å². The smallest absolute Gasteiger partial charge is 0.332 e. The summed E-state index contributed by atoms with van der Waals surface area (Å²) in [5, 5.41) is 21.9. The van der Waals surface area contributed by atoms with Crippen molar-refractivity contribution in [2.75, 3.05) is 24.7 Å². The topological polar surface area (TPSA) is 100 Å². The maximum Gasteiger partial charge on any atom is 0.332 e. The molecule has 1 aliphatic rings. The minimum atomic E-state index is -0.682. The number of hydrogen-bond donors (Lipinski definition) is 1. The van der Waals surface area contributed by atoms with Gasteiger partial charge in [-0.2, -0.15) is 5.26 Å². The number of hydrogen-bond acceptors (Lipinski definition) is 7. The van der Waals surface area contributed by atoms with Crippen LogP contribution in [0.2, 0.25) is 0 Å². The Hall–Kier alpha value is -2.41. The van der Waals surface area contributed by atoms with Crippen molar-refractivity contribution in [2.45, 2.75) is 18.6 Å². The summed E-state index contributed by atoms with van der Waals surface area (Å²) in [4.78, 5) is 27.4. The van der Waals surface area contributed by atoms with E-state index in [1.165, 1.54) is 23.0 Å². The average Bonchev–Trinajstić information content (AvgIpc) is 3.18. The van der Waals surface area contributed by atoms with E-state index in [0.717, 1.165) is 9.44 Å². The fourth-order valence-electron chi connectivity index (χ4n) is 3.25. The monoisotopic (exact) mass is 376 g/mol. The van der Waals surface area contributed by atoms with Crippen LogP contribution in [0.1, 0.15) is 23.0 Å². The molecular weight excluding hydrogens is 356 g/mol. The van der Waals surface area contributed by atoms with E-state index in [1.807, 2.05) is 28.5 Å². The average molecular weight is 376 g/mol. The van der Waals surface area contributed by atoms with Crippen LogP contribution >= 0.6 is 11.3 Å². The number of rotatable bonds is 4. The molecule has 3 rings (SSSR count). The Bertz CT molecular complexity index is 941. The van der Waals surface area contributed by atoms with E-state index in [-0.39, 0.29) is 17.4 Å². The SMILES string of the molecule is Cn1c(N2CCOCC2CC(O)c2cccs2)c(C#N)c(=O)n(C)c1=O. The highest BCUT2D eigenvalue weighted by Gasteiger charge is 2.31. The van der Waals surface area contributed by atoms with Crippen molar-refractivity contribution in [3.63, 3.8) is 0 Å². The predicted octanol–water partition coefficient (Wildman–Crippen LogP) is 0.346. The zero-order valence-corrected chi connectivity index (χ0v) is 15.4. The summed E-state index contributed by atoms with van der Waals surface area (Å²) in [5.41, 5.74) is -1.19. The van der Waals surface area contributed by atoms with Gasteiger partial charge in [-0.1, -0.05) is 6.07 Å². The van der Waals surface area contributed by atoms with Crippen molar-refractivity contribution in [3.8, 4) is 6.07 Å². The molecule has 1 aliphatic heterocycles. The number of ether oxygens (including phenoxy) is 1. The van der Waals surface area contributed by atoms with Gasteiger partial charge in [0.05, 0.1) is 25.4 Å². The van der Waals surface area contributed by atoms with Crippen LogP contribution in [-0.4, -0.2) is 40.0 Å². The lowest BCUT2D eigenvalue weighted by molar-refractivity contribution is 0.0680. The largest absolute Gasteiger partial charge is 0.387 e. The Kier molecular flexibility index (Phi) is 5.27. The van der Waals surface area contributed by atoms with Crippen LogP contribution in [-0.2, 0) is 18.8 Å². The van der Waals surface area contributed by atoms with Crippen molar-refractivity contribution in [3.05, 3.63) is 48.8 Å². The fraction of sp³-hybridized carbons (Fsp3) is 0.471. The van der Waals surface area contributed by atoms with Gasteiger partial charge in [0, 0.05) is 31.9 Å². The third-order valence-corrected chi connectivity index (χ3v) is 5.59. The van der Waals surface area contributed by atoms with E-state index in [9.17, 15) is 20.0 Å².